The summed E-state index contributed by atoms with van der Waals surface area (Å²) < 4.78 is 0. The Balaban J connectivity index is 2.29. The van der Waals surface area contributed by atoms with Gasteiger partial charge in [-0.25, -0.2) is 0 Å². The lowest BCUT2D eigenvalue weighted by Crippen LogP contribution is -2.55. The van der Waals surface area contributed by atoms with E-state index < -0.39 is 0 Å². The van der Waals surface area contributed by atoms with Crippen LogP contribution in [0.15, 0.2) is 0 Å². The maximum atomic E-state index is 10.2. The highest BCUT2D eigenvalue weighted by Gasteiger charge is 2.25. The molecule has 0 aliphatic carbocycles. The molecule has 1 saturated heterocycles. The van der Waals surface area contributed by atoms with E-state index in [1.807, 2.05) is 0 Å². The molecule has 7 heavy (non-hydrogen) atoms. The van der Waals surface area contributed by atoms with Crippen LogP contribution in [0.3, 0.4) is 0 Å². The van der Waals surface area contributed by atoms with Gasteiger partial charge in [-0.3, -0.25) is 10.1 Å². The van der Waals surface area contributed by atoms with Crippen LogP contribution in [0.1, 0.15) is 0 Å². The standard InChI is InChI=1S/C4H7NO2/c6-2-3-4(7)1-5-3/h3,5-6H,1-2H2. The van der Waals surface area contributed by atoms with Crippen molar-refractivity contribution in [2.45, 2.75) is 6.04 Å². The number of hydrogen-bond acceptors (Lipinski definition) is 3. The van der Waals surface area contributed by atoms with Gasteiger partial charge in [0.1, 0.15) is 0 Å². The second-order valence-electron chi connectivity index (χ2n) is 1.58. The number of carbonyl (C=O) groups is 1. The average molecular weight is 101 g/mol. The molecule has 1 aliphatic rings. The first kappa shape index (κ1) is 4.74. The van der Waals surface area contributed by atoms with Gasteiger partial charge in [0, 0.05) is 0 Å². The Morgan fingerprint density at radius 1 is 2.00 bits per heavy atom. The van der Waals surface area contributed by atoms with Crippen LogP contribution in [0.5, 0.6) is 0 Å². The van der Waals surface area contributed by atoms with Gasteiger partial charge in [0.25, 0.3) is 0 Å². The summed E-state index contributed by atoms with van der Waals surface area (Å²) >= 11 is 0. The number of hydrogen-bond donors (Lipinski definition) is 2. The van der Waals surface area contributed by atoms with E-state index in [0.717, 1.165) is 0 Å². The number of aliphatic hydroxyl groups excluding tert-OH is 1. The quantitative estimate of drug-likeness (QED) is 0.423. The summed E-state index contributed by atoms with van der Waals surface area (Å²) in [5, 5.41) is 11.0. The lowest BCUT2D eigenvalue weighted by molar-refractivity contribution is -0.126. The zero-order valence-corrected chi connectivity index (χ0v) is 3.85. The highest BCUT2D eigenvalue weighted by Crippen LogP contribution is 1.93. The van der Waals surface area contributed by atoms with Gasteiger partial charge in [-0.15, -0.1) is 0 Å². The molecule has 0 amide bonds. The minimum atomic E-state index is -0.250. The summed E-state index contributed by atoms with van der Waals surface area (Å²) in [4.78, 5) is 10.2. The molecular weight excluding hydrogens is 94.0 g/mol. The first-order chi connectivity index (χ1) is 3.34. The molecule has 1 unspecified atom stereocenters. The molecule has 1 heterocycles. The Morgan fingerprint density at radius 3 is 2.71 bits per heavy atom. The topological polar surface area (TPSA) is 49.3 Å². The summed E-state index contributed by atoms with van der Waals surface area (Å²) in [5.74, 6) is 0.113. The number of aliphatic hydroxyl groups is 1. The van der Waals surface area contributed by atoms with Crippen LogP contribution in [0.25, 0.3) is 0 Å². The Labute approximate surface area is 41.3 Å². The molecule has 1 atom stereocenters. The van der Waals surface area contributed by atoms with Crippen molar-refractivity contribution >= 4 is 5.78 Å². The van der Waals surface area contributed by atoms with Gasteiger partial charge < -0.3 is 5.11 Å². The minimum Gasteiger partial charge on any atom is -0.394 e. The molecule has 1 aliphatic heterocycles. The van der Waals surface area contributed by atoms with Crippen molar-refractivity contribution in [3.8, 4) is 0 Å². The average Bonchev–Trinajstić information content (AvgIpc) is 1.65. The van der Waals surface area contributed by atoms with Gasteiger partial charge in [-0.05, 0) is 0 Å². The monoisotopic (exact) mass is 101 g/mol. The number of Topliss-reactive ketones (excluding diaryl/α,β-unsaturated/α-hetero) is 1. The first-order valence-corrected chi connectivity index (χ1v) is 2.21. The fourth-order valence-electron chi connectivity index (χ4n) is 0.496. The van der Waals surface area contributed by atoms with E-state index >= 15 is 0 Å². The van der Waals surface area contributed by atoms with Gasteiger partial charge >= 0.3 is 0 Å². The van der Waals surface area contributed by atoms with Crippen LogP contribution in [0.4, 0.5) is 0 Å². The Bertz CT molecular complexity index is 89.7. The summed E-state index contributed by atoms with van der Waals surface area (Å²) in [6.07, 6.45) is 0. The van der Waals surface area contributed by atoms with Crippen molar-refractivity contribution in [1.82, 2.24) is 5.32 Å². The lowest BCUT2D eigenvalue weighted by Gasteiger charge is -2.22. The number of ketones is 1. The van der Waals surface area contributed by atoms with Crippen LogP contribution in [-0.2, 0) is 4.79 Å². The molecule has 0 spiro atoms. The molecule has 0 aromatic rings. The van der Waals surface area contributed by atoms with Crippen LogP contribution in [0, 0.1) is 0 Å². The van der Waals surface area contributed by atoms with Crippen molar-refractivity contribution in [3.05, 3.63) is 0 Å². The lowest BCUT2D eigenvalue weighted by atomic mass is 10.1. The van der Waals surface area contributed by atoms with Gasteiger partial charge in [0.15, 0.2) is 5.78 Å². The molecule has 2 N–H and O–H groups in total. The molecule has 0 aromatic carbocycles. The smallest absolute Gasteiger partial charge is 0.165 e. The predicted molar refractivity (Wildman–Crippen MR) is 23.9 cm³/mol. The molecule has 0 aromatic heterocycles. The minimum absolute atomic E-state index is 0.0567. The zero-order valence-electron chi connectivity index (χ0n) is 3.85. The Kier molecular flexibility index (Phi) is 1.08. The van der Waals surface area contributed by atoms with Gasteiger partial charge in [-0.1, -0.05) is 0 Å². The number of nitrogens with one attached hydrogen (secondary N) is 1. The van der Waals surface area contributed by atoms with Crippen LogP contribution in [0.2, 0.25) is 0 Å². The molecular formula is C4H7NO2. The van der Waals surface area contributed by atoms with E-state index in [2.05, 4.69) is 5.32 Å². The summed E-state index contributed by atoms with van der Waals surface area (Å²) in [6, 6.07) is -0.250. The van der Waals surface area contributed by atoms with Crippen molar-refractivity contribution < 1.29 is 9.90 Å². The zero-order chi connectivity index (χ0) is 5.28. The molecule has 40 valence electrons. The fourth-order valence-corrected chi connectivity index (χ4v) is 0.496. The predicted octanol–water partition coefficient (Wildman–Crippen LogP) is -1.48. The Hall–Kier alpha value is -0.410. The largest absolute Gasteiger partial charge is 0.394 e. The second kappa shape index (κ2) is 1.60. The van der Waals surface area contributed by atoms with Gasteiger partial charge in [0.2, 0.25) is 0 Å². The van der Waals surface area contributed by atoms with Crippen molar-refractivity contribution in [2.24, 2.45) is 0 Å². The molecule has 3 heteroatoms. The third-order valence-corrected chi connectivity index (χ3v) is 1.09. The van der Waals surface area contributed by atoms with Crippen molar-refractivity contribution in [1.29, 1.82) is 0 Å². The van der Waals surface area contributed by atoms with E-state index in [4.69, 9.17) is 5.11 Å². The Morgan fingerprint density at radius 2 is 2.71 bits per heavy atom. The van der Waals surface area contributed by atoms with Gasteiger partial charge in [-0.2, -0.15) is 0 Å². The maximum Gasteiger partial charge on any atom is 0.165 e. The van der Waals surface area contributed by atoms with Gasteiger partial charge in [0.05, 0.1) is 19.2 Å². The summed E-state index contributed by atoms with van der Waals surface area (Å²) in [5.41, 5.74) is 0. The molecule has 0 radical (unpaired) electrons. The van der Waals surface area contributed by atoms with E-state index in [-0.39, 0.29) is 18.4 Å². The molecule has 0 bridgehead atoms. The van der Waals surface area contributed by atoms with E-state index in [9.17, 15) is 4.79 Å². The van der Waals surface area contributed by atoms with Crippen LogP contribution >= 0.6 is 0 Å². The summed E-state index contributed by atoms with van der Waals surface area (Å²) in [6.45, 7) is 0.379. The SMILES string of the molecule is O=C1CNC1CO. The van der Waals surface area contributed by atoms with Crippen LogP contribution in [-0.4, -0.2) is 30.1 Å². The fraction of sp³-hybridized carbons (Fsp3) is 0.750. The molecule has 0 saturated carbocycles. The summed E-state index contributed by atoms with van der Waals surface area (Å²) in [7, 11) is 0. The van der Waals surface area contributed by atoms with E-state index in [1.165, 1.54) is 0 Å². The molecule has 1 fully saturated rings. The normalized spacial score (nSPS) is 29.9. The highest BCUT2D eigenvalue weighted by molar-refractivity contribution is 5.91. The van der Waals surface area contributed by atoms with E-state index in [1.54, 1.807) is 0 Å². The maximum absolute atomic E-state index is 10.2. The molecule has 3 nitrogen and oxygen atoms in total. The first-order valence-electron chi connectivity index (χ1n) is 2.21. The van der Waals surface area contributed by atoms with Crippen molar-refractivity contribution in [3.63, 3.8) is 0 Å². The third kappa shape index (κ3) is 0.642. The van der Waals surface area contributed by atoms with Crippen LogP contribution < -0.4 is 5.32 Å². The highest BCUT2D eigenvalue weighted by atomic mass is 16.3. The van der Waals surface area contributed by atoms with Crippen molar-refractivity contribution in [2.75, 3.05) is 13.2 Å². The molecule has 1 rings (SSSR count). The number of carbonyl (C=O) groups excluding carboxylic acids is 1. The third-order valence-electron chi connectivity index (χ3n) is 1.09. The number of rotatable bonds is 1. The van der Waals surface area contributed by atoms with E-state index in [0.29, 0.717) is 6.54 Å². The second-order valence-corrected chi connectivity index (χ2v) is 1.58.